The van der Waals surface area contributed by atoms with E-state index in [1.54, 1.807) is 0 Å². The van der Waals surface area contributed by atoms with Crippen molar-refractivity contribution in [2.45, 2.75) is 5.16 Å². The van der Waals surface area contributed by atoms with Gasteiger partial charge in [-0.25, -0.2) is 4.98 Å². The molecule has 1 aromatic heterocycles. The predicted molar refractivity (Wildman–Crippen MR) is 68.0 cm³/mol. The van der Waals surface area contributed by atoms with Crippen LogP contribution in [0.3, 0.4) is 0 Å². The van der Waals surface area contributed by atoms with Gasteiger partial charge in [-0.2, -0.15) is 5.26 Å². The number of benzene rings is 1. The average molecular weight is 261 g/mol. The SMILES string of the molecule is Cn1c(SCC#N)nc2cc3c(cc21)OCCO3. The Kier molecular flexibility index (Phi) is 2.76. The van der Waals surface area contributed by atoms with Crippen molar-refractivity contribution in [3.05, 3.63) is 12.1 Å². The topological polar surface area (TPSA) is 60.1 Å². The van der Waals surface area contributed by atoms with Crippen molar-refractivity contribution in [3.63, 3.8) is 0 Å². The van der Waals surface area contributed by atoms with E-state index in [0.717, 1.165) is 27.7 Å². The normalized spacial score (nSPS) is 13.6. The van der Waals surface area contributed by atoms with Crippen molar-refractivity contribution in [2.75, 3.05) is 19.0 Å². The van der Waals surface area contributed by atoms with Crippen LogP contribution in [0.15, 0.2) is 17.3 Å². The summed E-state index contributed by atoms with van der Waals surface area (Å²) in [6.45, 7) is 1.15. The second-order valence-electron chi connectivity index (χ2n) is 3.88. The lowest BCUT2D eigenvalue weighted by Crippen LogP contribution is -2.15. The first-order valence-electron chi connectivity index (χ1n) is 5.55. The maximum atomic E-state index is 8.62. The molecule has 3 rings (SSSR count). The third-order valence-corrected chi connectivity index (χ3v) is 3.67. The molecule has 18 heavy (non-hydrogen) atoms. The van der Waals surface area contributed by atoms with Gasteiger partial charge in [0.05, 0.1) is 22.9 Å². The van der Waals surface area contributed by atoms with Gasteiger partial charge in [-0.05, 0) is 0 Å². The molecule has 1 aliphatic rings. The number of aromatic nitrogens is 2. The van der Waals surface area contributed by atoms with E-state index in [1.165, 1.54) is 11.8 Å². The molecule has 5 nitrogen and oxygen atoms in total. The van der Waals surface area contributed by atoms with E-state index in [0.29, 0.717) is 19.0 Å². The fraction of sp³-hybridized carbons (Fsp3) is 0.333. The number of nitrogens with zero attached hydrogens (tertiary/aromatic N) is 3. The van der Waals surface area contributed by atoms with E-state index in [4.69, 9.17) is 14.7 Å². The zero-order valence-electron chi connectivity index (χ0n) is 9.84. The first kappa shape index (κ1) is 11.2. The van der Waals surface area contributed by atoms with Crippen molar-refractivity contribution in [3.8, 4) is 17.6 Å². The minimum atomic E-state index is 0.393. The second-order valence-corrected chi connectivity index (χ2v) is 4.83. The molecule has 0 unspecified atom stereocenters. The summed E-state index contributed by atoms with van der Waals surface area (Å²) >= 11 is 1.42. The Bertz CT molecular complexity index is 645. The summed E-state index contributed by atoms with van der Waals surface area (Å²) in [4.78, 5) is 4.50. The molecule has 0 atom stereocenters. The average Bonchev–Trinajstić information content (AvgIpc) is 2.70. The summed E-state index contributed by atoms with van der Waals surface area (Å²) in [6.07, 6.45) is 0. The van der Waals surface area contributed by atoms with Crippen LogP contribution in [0.5, 0.6) is 11.5 Å². The first-order chi connectivity index (χ1) is 8.79. The van der Waals surface area contributed by atoms with Gasteiger partial charge in [-0.3, -0.25) is 0 Å². The van der Waals surface area contributed by atoms with Crippen molar-refractivity contribution >= 4 is 22.8 Å². The monoisotopic (exact) mass is 261 g/mol. The van der Waals surface area contributed by atoms with Crippen LogP contribution in [0, 0.1) is 11.3 Å². The Morgan fingerprint density at radius 1 is 1.39 bits per heavy atom. The minimum absolute atomic E-state index is 0.393. The summed E-state index contributed by atoms with van der Waals surface area (Å²) in [5.41, 5.74) is 1.85. The van der Waals surface area contributed by atoms with Gasteiger partial charge in [0.2, 0.25) is 0 Å². The number of ether oxygens (including phenoxy) is 2. The van der Waals surface area contributed by atoms with Crippen LogP contribution in [0.2, 0.25) is 0 Å². The molecule has 92 valence electrons. The van der Waals surface area contributed by atoms with Gasteiger partial charge in [0.1, 0.15) is 13.2 Å². The summed E-state index contributed by atoms with van der Waals surface area (Å²) in [7, 11) is 1.94. The maximum absolute atomic E-state index is 8.62. The summed E-state index contributed by atoms with van der Waals surface area (Å²) in [6, 6.07) is 5.93. The van der Waals surface area contributed by atoms with Crippen LogP contribution in [0.25, 0.3) is 11.0 Å². The molecule has 0 saturated carbocycles. The van der Waals surface area contributed by atoms with Gasteiger partial charge in [0, 0.05) is 19.2 Å². The van der Waals surface area contributed by atoms with Gasteiger partial charge >= 0.3 is 0 Å². The number of hydrogen-bond donors (Lipinski definition) is 0. The Balaban J connectivity index is 2.09. The quantitative estimate of drug-likeness (QED) is 0.773. The van der Waals surface area contributed by atoms with Crippen LogP contribution >= 0.6 is 11.8 Å². The molecule has 0 fully saturated rings. The standard InChI is InChI=1S/C12H11N3O2S/c1-15-9-7-11-10(16-3-4-17-11)6-8(9)14-12(15)18-5-2-13/h6-7H,3-5H2,1H3. The van der Waals surface area contributed by atoms with E-state index in [1.807, 2.05) is 23.7 Å². The van der Waals surface area contributed by atoms with Gasteiger partial charge in [-0.1, -0.05) is 11.8 Å². The molecule has 0 bridgehead atoms. The van der Waals surface area contributed by atoms with Crippen LogP contribution in [-0.4, -0.2) is 28.5 Å². The first-order valence-corrected chi connectivity index (χ1v) is 6.54. The van der Waals surface area contributed by atoms with Crippen molar-refractivity contribution in [2.24, 2.45) is 7.05 Å². The molecule has 6 heteroatoms. The number of aryl methyl sites for hydroxylation is 1. The minimum Gasteiger partial charge on any atom is -0.486 e. The Hall–Kier alpha value is -1.87. The molecule has 1 aromatic carbocycles. The fourth-order valence-electron chi connectivity index (χ4n) is 1.93. The number of imidazole rings is 1. The predicted octanol–water partition coefficient (Wildman–Crippen LogP) is 1.96. The van der Waals surface area contributed by atoms with Crippen LogP contribution in [0.1, 0.15) is 0 Å². The van der Waals surface area contributed by atoms with E-state index >= 15 is 0 Å². The summed E-state index contributed by atoms with van der Waals surface area (Å²) in [5, 5.41) is 9.45. The van der Waals surface area contributed by atoms with Crippen molar-refractivity contribution in [1.29, 1.82) is 5.26 Å². The third kappa shape index (κ3) is 1.77. The van der Waals surface area contributed by atoms with E-state index in [9.17, 15) is 0 Å². The Labute approximate surface area is 108 Å². The number of thioether (sulfide) groups is 1. The van der Waals surface area contributed by atoms with Crippen LogP contribution in [-0.2, 0) is 7.05 Å². The maximum Gasteiger partial charge on any atom is 0.169 e. The molecular formula is C12H11N3O2S. The van der Waals surface area contributed by atoms with E-state index in [-0.39, 0.29) is 0 Å². The smallest absolute Gasteiger partial charge is 0.169 e. The van der Waals surface area contributed by atoms with Crippen molar-refractivity contribution < 1.29 is 9.47 Å². The number of nitriles is 1. The lowest BCUT2D eigenvalue weighted by atomic mass is 10.2. The molecule has 0 radical (unpaired) electrons. The highest BCUT2D eigenvalue weighted by molar-refractivity contribution is 7.99. The fourth-order valence-corrected chi connectivity index (χ4v) is 2.58. The number of hydrogen-bond acceptors (Lipinski definition) is 5. The molecular weight excluding hydrogens is 250 g/mol. The van der Waals surface area contributed by atoms with E-state index in [2.05, 4.69) is 11.1 Å². The molecule has 0 N–H and O–H groups in total. The summed E-state index contributed by atoms with van der Waals surface area (Å²) in [5.74, 6) is 1.89. The van der Waals surface area contributed by atoms with Gasteiger partial charge < -0.3 is 14.0 Å². The highest BCUT2D eigenvalue weighted by Crippen LogP contribution is 2.35. The molecule has 0 spiro atoms. The molecule has 0 aliphatic carbocycles. The molecule has 2 aromatic rings. The lowest BCUT2D eigenvalue weighted by Gasteiger charge is -2.17. The highest BCUT2D eigenvalue weighted by atomic mass is 32.2. The van der Waals surface area contributed by atoms with Crippen LogP contribution < -0.4 is 9.47 Å². The largest absolute Gasteiger partial charge is 0.486 e. The second kappa shape index (κ2) is 4.42. The number of fused-ring (bicyclic) bond motifs is 2. The third-order valence-electron chi connectivity index (χ3n) is 2.77. The zero-order valence-corrected chi connectivity index (χ0v) is 10.7. The molecule has 0 saturated heterocycles. The van der Waals surface area contributed by atoms with Gasteiger partial charge in [-0.15, -0.1) is 0 Å². The van der Waals surface area contributed by atoms with Gasteiger partial charge in [0.15, 0.2) is 16.7 Å². The van der Waals surface area contributed by atoms with E-state index < -0.39 is 0 Å². The molecule has 1 aliphatic heterocycles. The Morgan fingerprint density at radius 3 is 2.83 bits per heavy atom. The highest BCUT2D eigenvalue weighted by Gasteiger charge is 2.16. The lowest BCUT2D eigenvalue weighted by molar-refractivity contribution is 0.172. The summed E-state index contributed by atoms with van der Waals surface area (Å²) < 4.78 is 13.0. The van der Waals surface area contributed by atoms with Gasteiger partial charge in [0.25, 0.3) is 0 Å². The zero-order chi connectivity index (χ0) is 12.5. The molecule has 0 amide bonds. The number of rotatable bonds is 2. The Morgan fingerprint density at radius 2 is 2.11 bits per heavy atom. The van der Waals surface area contributed by atoms with Crippen molar-refractivity contribution in [1.82, 2.24) is 9.55 Å². The molecule has 2 heterocycles. The van der Waals surface area contributed by atoms with Crippen LogP contribution in [0.4, 0.5) is 0 Å².